The van der Waals surface area contributed by atoms with Crippen molar-refractivity contribution in [1.29, 1.82) is 0 Å². The van der Waals surface area contributed by atoms with Crippen molar-refractivity contribution in [2.45, 2.75) is 13.1 Å². The van der Waals surface area contributed by atoms with E-state index in [9.17, 15) is 0 Å². The first-order valence-electron chi connectivity index (χ1n) is 6.59. The predicted molar refractivity (Wildman–Crippen MR) is 86.1 cm³/mol. The normalized spacial score (nSPS) is 11.0. The molecule has 0 spiro atoms. The summed E-state index contributed by atoms with van der Waals surface area (Å²) in [5.74, 6) is 0. The van der Waals surface area contributed by atoms with E-state index in [-0.39, 0.29) is 0 Å². The Kier molecular flexibility index (Phi) is 5.86. The lowest BCUT2D eigenvalue weighted by Crippen LogP contribution is -2.28. The molecule has 2 nitrogen and oxygen atoms in total. The topological polar surface area (TPSA) is 29.3 Å². The van der Waals surface area contributed by atoms with Crippen LogP contribution in [0.2, 0.25) is 10.0 Å². The van der Waals surface area contributed by atoms with Crippen LogP contribution in [0.4, 0.5) is 0 Å². The monoisotopic (exact) mass is 308 g/mol. The molecule has 0 aliphatic heterocycles. The van der Waals surface area contributed by atoms with Gasteiger partial charge in [-0.1, -0.05) is 59.6 Å². The van der Waals surface area contributed by atoms with E-state index < -0.39 is 0 Å². The molecule has 2 N–H and O–H groups in total. The molecule has 0 saturated heterocycles. The Labute approximate surface area is 130 Å². The molecule has 0 radical (unpaired) electrons. The second-order valence-corrected chi connectivity index (χ2v) is 5.56. The van der Waals surface area contributed by atoms with Gasteiger partial charge >= 0.3 is 0 Å². The van der Waals surface area contributed by atoms with Gasteiger partial charge in [0.25, 0.3) is 0 Å². The van der Waals surface area contributed by atoms with Crippen LogP contribution >= 0.6 is 23.2 Å². The molecule has 2 rings (SSSR count). The van der Waals surface area contributed by atoms with Gasteiger partial charge in [-0.15, -0.1) is 0 Å². The highest BCUT2D eigenvalue weighted by Crippen LogP contribution is 2.22. The summed E-state index contributed by atoms with van der Waals surface area (Å²) in [5, 5.41) is 1.36. The molecule has 0 amide bonds. The number of hydrogen-bond donors (Lipinski definition) is 1. The Morgan fingerprint density at radius 1 is 0.950 bits per heavy atom. The maximum Gasteiger partial charge on any atom is 0.0465 e. The molecule has 0 bridgehead atoms. The summed E-state index contributed by atoms with van der Waals surface area (Å²) in [6.07, 6.45) is 0. The highest BCUT2D eigenvalue weighted by atomic mass is 35.5. The van der Waals surface area contributed by atoms with Crippen molar-refractivity contribution in [3.8, 4) is 0 Å². The molecular weight excluding hydrogens is 291 g/mol. The van der Waals surface area contributed by atoms with Gasteiger partial charge in [-0.05, 0) is 23.3 Å². The third-order valence-corrected chi connectivity index (χ3v) is 3.69. The van der Waals surface area contributed by atoms with E-state index in [0.717, 1.165) is 25.2 Å². The maximum absolute atomic E-state index is 6.23. The fourth-order valence-corrected chi connectivity index (χ4v) is 2.60. The minimum Gasteiger partial charge on any atom is -0.329 e. The fraction of sp³-hybridized carbons (Fsp3) is 0.250. The highest BCUT2D eigenvalue weighted by molar-refractivity contribution is 6.35. The van der Waals surface area contributed by atoms with E-state index in [2.05, 4.69) is 17.0 Å². The van der Waals surface area contributed by atoms with Crippen molar-refractivity contribution in [2.24, 2.45) is 5.73 Å². The average Bonchev–Trinajstić information content (AvgIpc) is 2.43. The van der Waals surface area contributed by atoms with E-state index >= 15 is 0 Å². The van der Waals surface area contributed by atoms with Gasteiger partial charge in [-0.2, -0.15) is 0 Å². The number of nitrogens with two attached hydrogens (primary N) is 1. The smallest absolute Gasteiger partial charge is 0.0465 e. The predicted octanol–water partition coefficient (Wildman–Crippen LogP) is 3.95. The number of nitrogens with zero attached hydrogens (tertiary/aromatic N) is 1. The zero-order valence-electron chi connectivity index (χ0n) is 11.2. The van der Waals surface area contributed by atoms with Crippen LogP contribution in [0.5, 0.6) is 0 Å². The molecule has 0 saturated carbocycles. The molecule has 0 aromatic heterocycles. The molecule has 0 fully saturated rings. The van der Waals surface area contributed by atoms with Crippen LogP contribution in [0.1, 0.15) is 11.1 Å². The lowest BCUT2D eigenvalue weighted by molar-refractivity contribution is 0.264. The molecule has 20 heavy (non-hydrogen) atoms. The summed E-state index contributed by atoms with van der Waals surface area (Å²) in [4.78, 5) is 2.28. The quantitative estimate of drug-likeness (QED) is 0.875. The Morgan fingerprint density at radius 3 is 2.35 bits per heavy atom. The lowest BCUT2D eigenvalue weighted by Gasteiger charge is -2.22. The molecule has 4 heteroatoms. The molecule has 0 atom stereocenters. The van der Waals surface area contributed by atoms with E-state index in [1.807, 2.05) is 30.3 Å². The summed E-state index contributed by atoms with van der Waals surface area (Å²) < 4.78 is 0. The van der Waals surface area contributed by atoms with Gasteiger partial charge in [-0.25, -0.2) is 0 Å². The second kappa shape index (κ2) is 7.65. The van der Waals surface area contributed by atoms with Gasteiger partial charge in [0.05, 0.1) is 0 Å². The minimum atomic E-state index is 0.623. The lowest BCUT2D eigenvalue weighted by atomic mass is 10.1. The Balaban J connectivity index is 2.09. The molecule has 2 aromatic rings. The standard InChI is InChI=1S/C16H18Cl2N2/c17-15-7-6-14(16(18)10-15)12-20(9-8-19)11-13-4-2-1-3-5-13/h1-7,10H,8-9,11-12,19H2. The van der Waals surface area contributed by atoms with Gasteiger partial charge in [0.1, 0.15) is 0 Å². The van der Waals surface area contributed by atoms with Crippen LogP contribution < -0.4 is 5.73 Å². The molecular formula is C16H18Cl2N2. The third-order valence-electron chi connectivity index (χ3n) is 3.10. The van der Waals surface area contributed by atoms with Crippen LogP contribution in [-0.2, 0) is 13.1 Å². The molecule has 2 aromatic carbocycles. The molecule has 0 heterocycles. The third kappa shape index (κ3) is 4.50. The fourth-order valence-electron chi connectivity index (χ4n) is 2.13. The summed E-state index contributed by atoms with van der Waals surface area (Å²) in [6.45, 7) is 3.07. The largest absolute Gasteiger partial charge is 0.329 e. The summed E-state index contributed by atoms with van der Waals surface area (Å²) in [5.41, 5.74) is 8.04. The van der Waals surface area contributed by atoms with Gasteiger partial charge in [-0.3, -0.25) is 4.90 Å². The number of benzene rings is 2. The van der Waals surface area contributed by atoms with Gasteiger partial charge in [0, 0.05) is 36.2 Å². The van der Waals surface area contributed by atoms with E-state index in [0.29, 0.717) is 16.6 Å². The van der Waals surface area contributed by atoms with Crippen molar-refractivity contribution in [3.63, 3.8) is 0 Å². The average molecular weight is 309 g/mol. The second-order valence-electron chi connectivity index (χ2n) is 4.72. The first-order chi connectivity index (χ1) is 9.69. The van der Waals surface area contributed by atoms with Crippen LogP contribution in [0.25, 0.3) is 0 Å². The van der Waals surface area contributed by atoms with E-state index in [1.54, 1.807) is 6.07 Å². The SMILES string of the molecule is NCCN(Cc1ccccc1)Cc1ccc(Cl)cc1Cl. The number of halogens is 2. The van der Waals surface area contributed by atoms with E-state index in [1.165, 1.54) is 5.56 Å². The van der Waals surface area contributed by atoms with Crippen LogP contribution in [-0.4, -0.2) is 18.0 Å². The number of rotatable bonds is 6. The highest BCUT2D eigenvalue weighted by Gasteiger charge is 2.09. The first-order valence-corrected chi connectivity index (χ1v) is 7.35. The van der Waals surface area contributed by atoms with Crippen LogP contribution in [0.15, 0.2) is 48.5 Å². The summed E-state index contributed by atoms with van der Waals surface area (Å²) in [7, 11) is 0. The Hall–Kier alpha value is -1.06. The maximum atomic E-state index is 6.23. The summed E-state index contributed by atoms with van der Waals surface area (Å²) >= 11 is 12.2. The van der Waals surface area contributed by atoms with Crippen LogP contribution in [0, 0.1) is 0 Å². The molecule has 0 aliphatic rings. The van der Waals surface area contributed by atoms with Gasteiger partial charge < -0.3 is 5.73 Å². The van der Waals surface area contributed by atoms with Crippen molar-refractivity contribution >= 4 is 23.2 Å². The van der Waals surface area contributed by atoms with E-state index in [4.69, 9.17) is 28.9 Å². The van der Waals surface area contributed by atoms with Crippen molar-refractivity contribution in [2.75, 3.05) is 13.1 Å². The Bertz CT molecular complexity index is 543. The molecule has 0 unspecified atom stereocenters. The first kappa shape index (κ1) is 15.3. The van der Waals surface area contributed by atoms with Crippen molar-refractivity contribution < 1.29 is 0 Å². The van der Waals surface area contributed by atoms with Crippen molar-refractivity contribution in [3.05, 3.63) is 69.7 Å². The van der Waals surface area contributed by atoms with Crippen LogP contribution in [0.3, 0.4) is 0 Å². The van der Waals surface area contributed by atoms with Crippen molar-refractivity contribution in [1.82, 2.24) is 4.90 Å². The zero-order valence-corrected chi connectivity index (χ0v) is 12.7. The minimum absolute atomic E-state index is 0.623. The van der Waals surface area contributed by atoms with Gasteiger partial charge in [0.15, 0.2) is 0 Å². The molecule has 106 valence electrons. The number of hydrogen-bond acceptors (Lipinski definition) is 2. The Morgan fingerprint density at radius 2 is 1.70 bits per heavy atom. The summed E-state index contributed by atoms with van der Waals surface area (Å²) in [6, 6.07) is 16.0. The van der Waals surface area contributed by atoms with Gasteiger partial charge in [0.2, 0.25) is 0 Å². The molecule has 0 aliphatic carbocycles. The zero-order chi connectivity index (χ0) is 14.4.